The van der Waals surface area contributed by atoms with Crippen LogP contribution in [0.15, 0.2) is 36.4 Å². The van der Waals surface area contributed by atoms with Crippen LogP contribution in [0.3, 0.4) is 0 Å². The molecule has 0 radical (unpaired) electrons. The molecule has 0 aromatic heterocycles. The van der Waals surface area contributed by atoms with E-state index in [1.54, 1.807) is 0 Å². The van der Waals surface area contributed by atoms with Gasteiger partial charge in [-0.15, -0.1) is 0 Å². The molecule has 0 heterocycles. The van der Waals surface area contributed by atoms with Gasteiger partial charge in [0.25, 0.3) is 0 Å². The zero-order valence-corrected chi connectivity index (χ0v) is 15.9. The van der Waals surface area contributed by atoms with Gasteiger partial charge in [0.15, 0.2) is 0 Å². The molecule has 2 aromatic rings. The van der Waals surface area contributed by atoms with Gasteiger partial charge in [-0.2, -0.15) is 0 Å². The summed E-state index contributed by atoms with van der Waals surface area (Å²) in [6.07, 6.45) is 0. The van der Waals surface area contributed by atoms with Crippen molar-refractivity contribution in [2.75, 3.05) is 0 Å². The molecule has 0 bridgehead atoms. The summed E-state index contributed by atoms with van der Waals surface area (Å²) in [7, 11) is 0. The van der Waals surface area contributed by atoms with Crippen LogP contribution in [0.2, 0.25) is 0 Å². The molecule has 0 spiro atoms. The van der Waals surface area contributed by atoms with Crippen molar-refractivity contribution in [3.63, 3.8) is 0 Å². The molecule has 0 unspecified atom stereocenters. The standard InChI is InChI=1S/C8H8O5.C8H6O5.Zr/c9-7-2-1-5(4-13-12)3-6(7)8(10)11;9-6-2-1-4(7(10)11)3-5(6)8(12)13;/h1-3,9,12H,4H2,(H,10,11);1-3,9H,(H,10,11)(H,12,13);. The Morgan fingerprint density at radius 2 is 1.26 bits per heavy atom. The first kappa shape index (κ1) is 24.3. The van der Waals surface area contributed by atoms with Crippen molar-refractivity contribution in [1.29, 1.82) is 0 Å². The quantitative estimate of drug-likeness (QED) is 0.286. The summed E-state index contributed by atoms with van der Waals surface area (Å²) in [6.45, 7) is -0.111. The second-order valence-corrected chi connectivity index (χ2v) is 4.77. The maximum atomic E-state index is 10.5. The van der Waals surface area contributed by atoms with E-state index in [2.05, 4.69) is 4.89 Å². The van der Waals surface area contributed by atoms with E-state index in [1.807, 2.05) is 0 Å². The summed E-state index contributed by atoms with van der Waals surface area (Å²) >= 11 is 0. The Bertz CT molecular complexity index is 834. The van der Waals surface area contributed by atoms with Gasteiger partial charge in [-0.05, 0) is 35.9 Å². The number of hydrogen-bond donors (Lipinski definition) is 6. The molecule has 27 heavy (non-hydrogen) atoms. The zero-order chi connectivity index (χ0) is 19.9. The number of carbonyl (C=O) groups is 3. The third kappa shape index (κ3) is 7.18. The minimum Gasteiger partial charge on any atom is -0.507 e. The van der Waals surface area contributed by atoms with Crippen LogP contribution < -0.4 is 0 Å². The van der Waals surface area contributed by atoms with Gasteiger partial charge < -0.3 is 25.5 Å². The number of phenols is 2. The molecule has 10 nitrogen and oxygen atoms in total. The summed E-state index contributed by atoms with van der Waals surface area (Å²) in [5, 5.41) is 51.8. The van der Waals surface area contributed by atoms with Crippen molar-refractivity contribution in [2.45, 2.75) is 6.61 Å². The largest absolute Gasteiger partial charge is 0.507 e. The third-order valence-corrected chi connectivity index (χ3v) is 3.00. The number of rotatable bonds is 5. The first-order valence-corrected chi connectivity index (χ1v) is 6.78. The molecule has 0 aliphatic rings. The van der Waals surface area contributed by atoms with Crippen LogP contribution in [0.25, 0.3) is 0 Å². The topological polar surface area (TPSA) is 182 Å². The molecule has 0 aliphatic carbocycles. The van der Waals surface area contributed by atoms with Gasteiger partial charge in [-0.3, -0.25) is 5.26 Å². The van der Waals surface area contributed by atoms with Gasteiger partial charge in [0.2, 0.25) is 0 Å². The van der Waals surface area contributed by atoms with E-state index >= 15 is 0 Å². The van der Waals surface area contributed by atoms with Crippen LogP contribution in [0.5, 0.6) is 11.5 Å². The Labute approximate surface area is 170 Å². The van der Waals surface area contributed by atoms with E-state index in [9.17, 15) is 14.4 Å². The van der Waals surface area contributed by atoms with Gasteiger partial charge in [-0.1, -0.05) is 6.07 Å². The molecule has 142 valence electrons. The zero-order valence-electron chi connectivity index (χ0n) is 13.5. The van der Waals surface area contributed by atoms with Crippen LogP contribution in [0.1, 0.15) is 36.6 Å². The minimum atomic E-state index is -1.36. The summed E-state index contributed by atoms with van der Waals surface area (Å²) in [6, 6.07) is 6.99. The third-order valence-electron chi connectivity index (χ3n) is 3.00. The van der Waals surface area contributed by atoms with E-state index in [0.717, 1.165) is 18.2 Å². The molecule has 0 atom stereocenters. The second kappa shape index (κ2) is 11.1. The first-order chi connectivity index (χ1) is 12.2. The fraction of sp³-hybridized carbons (Fsp3) is 0.0625. The predicted octanol–water partition coefficient (Wildman–Crippen LogP) is 1.87. The first-order valence-electron chi connectivity index (χ1n) is 6.78. The van der Waals surface area contributed by atoms with E-state index in [0.29, 0.717) is 5.56 Å². The van der Waals surface area contributed by atoms with Gasteiger partial charge in [0.05, 0.1) is 5.56 Å². The van der Waals surface area contributed by atoms with E-state index in [-0.39, 0.29) is 49.7 Å². The number of benzene rings is 2. The SMILES string of the molecule is O=C(O)c1cc(COO)ccc1O.O=C(O)c1ccc(O)c(C(=O)O)c1.[Zr]. The molecule has 0 saturated heterocycles. The molecule has 0 saturated carbocycles. The maximum Gasteiger partial charge on any atom is 0.339 e. The van der Waals surface area contributed by atoms with Crippen molar-refractivity contribution in [2.24, 2.45) is 0 Å². The Balaban J connectivity index is 0.000000483. The average molecular weight is 458 g/mol. The number of hydrogen-bond acceptors (Lipinski definition) is 7. The summed E-state index contributed by atoms with van der Waals surface area (Å²) in [4.78, 5) is 35.2. The number of aromatic hydroxyl groups is 2. The van der Waals surface area contributed by atoms with Crippen LogP contribution >= 0.6 is 0 Å². The number of aromatic carboxylic acids is 3. The molecular weight excluding hydrogens is 443 g/mol. The second-order valence-electron chi connectivity index (χ2n) is 4.77. The van der Waals surface area contributed by atoms with Crippen molar-refractivity contribution in [3.8, 4) is 11.5 Å². The van der Waals surface area contributed by atoms with Gasteiger partial charge >= 0.3 is 17.9 Å². The summed E-state index contributed by atoms with van der Waals surface area (Å²) in [5.41, 5.74) is -0.331. The smallest absolute Gasteiger partial charge is 0.339 e. The number of carboxylic acids is 3. The Kier molecular flexibility index (Phi) is 9.94. The van der Waals surface area contributed by atoms with Crippen molar-refractivity contribution >= 4 is 17.9 Å². The molecule has 0 amide bonds. The van der Waals surface area contributed by atoms with Crippen LogP contribution in [0.4, 0.5) is 0 Å². The molecule has 11 heteroatoms. The van der Waals surface area contributed by atoms with Crippen molar-refractivity contribution in [1.82, 2.24) is 0 Å². The van der Waals surface area contributed by atoms with Gasteiger partial charge in [0.1, 0.15) is 29.2 Å². The average Bonchev–Trinajstić information content (AvgIpc) is 2.57. The van der Waals surface area contributed by atoms with E-state index in [4.69, 9.17) is 30.8 Å². The summed E-state index contributed by atoms with van der Waals surface area (Å²) in [5.74, 6) is -4.58. The van der Waals surface area contributed by atoms with Crippen molar-refractivity contribution < 1.29 is 76.3 Å². The Morgan fingerprint density at radius 1 is 0.778 bits per heavy atom. The molecule has 6 N–H and O–H groups in total. The van der Waals surface area contributed by atoms with E-state index < -0.39 is 29.2 Å². The Morgan fingerprint density at radius 3 is 1.70 bits per heavy atom. The Hall–Kier alpha value is -2.75. The van der Waals surface area contributed by atoms with Crippen LogP contribution in [-0.4, -0.2) is 48.7 Å². The predicted molar refractivity (Wildman–Crippen MR) is 84.5 cm³/mol. The van der Waals surface area contributed by atoms with E-state index in [1.165, 1.54) is 18.2 Å². The monoisotopic (exact) mass is 456 g/mol. The van der Waals surface area contributed by atoms with Gasteiger partial charge in [0, 0.05) is 26.2 Å². The maximum absolute atomic E-state index is 10.5. The van der Waals surface area contributed by atoms with Crippen LogP contribution in [0, 0.1) is 0 Å². The molecule has 2 aromatic carbocycles. The number of carboxylic acid groups (broad SMARTS) is 3. The van der Waals surface area contributed by atoms with Crippen LogP contribution in [-0.2, 0) is 37.7 Å². The fourth-order valence-corrected chi connectivity index (χ4v) is 1.76. The fourth-order valence-electron chi connectivity index (χ4n) is 1.76. The normalized spacial score (nSPS) is 9.37. The minimum absolute atomic E-state index is 0. The molecule has 0 fully saturated rings. The molecular formula is C16H14O10Zr. The van der Waals surface area contributed by atoms with Gasteiger partial charge in [-0.25, -0.2) is 19.3 Å². The summed E-state index contributed by atoms with van der Waals surface area (Å²) < 4.78 is 0. The molecule has 0 aliphatic heterocycles. The van der Waals surface area contributed by atoms with Crippen molar-refractivity contribution in [3.05, 3.63) is 58.7 Å². The molecule has 2 rings (SSSR count).